The fraction of sp³-hybridized carbons (Fsp3) is 0.200. The summed E-state index contributed by atoms with van der Waals surface area (Å²) in [6.07, 6.45) is 1.35. The van der Waals surface area contributed by atoms with Crippen LogP contribution < -0.4 is 10.6 Å². The van der Waals surface area contributed by atoms with Crippen LogP contribution in [-0.2, 0) is 11.3 Å². The zero-order valence-electron chi connectivity index (χ0n) is 14.5. The molecule has 3 rings (SSSR count). The topological polar surface area (TPSA) is 54.0 Å². The third-order valence-electron chi connectivity index (χ3n) is 3.80. The summed E-state index contributed by atoms with van der Waals surface area (Å²) in [6.45, 7) is 2.57. The summed E-state index contributed by atoms with van der Waals surface area (Å²) in [5.41, 5.74) is 3.65. The van der Waals surface area contributed by atoms with Gasteiger partial charge in [0.2, 0.25) is 5.91 Å². The van der Waals surface area contributed by atoms with Gasteiger partial charge < -0.3 is 10.6 Å². The lowest BCUT2D eigenvalue weighted by atomic mass is 10.1. The number of halogens is 1. The fourth-order valence-corrected chi connectivity index (χ4v) is 3.16. The molecule has 0 aliphatic rings. The van der Waals surface area contributed by atoms with Gasteiger partial charge >= 0.3 is 0 Å². The van der Waals surface area contributed by atoms with Crippen LogP contribution >= 0.6 is 11.3 Å². The van der Waals surface area contributed by atoms with Crippen LogP contribution in [0.15, 0.2) is 53.9 Å². The summed E-state index contributed by atoms with van der Waals surface area (Å²) in [5, 5.41) is 8.92. The second-order valence-electron chi connectivity index (χ2n) is 5.89. The predicted molar refractivity (Wildman–Crippen MR) is 105 cm³/mol. The summed E-state index contributed by atoms with van der Waals surface area (Å²) in [6, 6.07) is 14.1. The quantitative estimate of drug-likeness (QED) is 0.594. The molecule has 1 heterocycles. The third-order valence-corrected chi connectivity index (χ3v) is 4.60. The lowest BCUT2D eigenvalue weighted by Gasteiger charge is -2.05. The second kappa shape index (κ2) is 8.58. The van der Waals surface area contributed by atoms with Gasteiger partial charge in [-0.05, 0) is 36.2 Å². The van der Waals surface area contributed by atoms with Crippen molar-refractivity contribution in [2.45, 2.75) is 26.3 Å². The van der Waals surface area contributed by atoms with Gasteiger partial charge in [0.15, 0.2) is 5.13 Å². The van der Waals surface area contributed by atoms with Gasteiger partial charge in [-0.15, -0.1) is 11.3 Å². The summed E-state index contributed by atoms with van der Waals surface area (Å²) < 4.78 is 12.9. The molecule has 0 fully saturated rings. The first-order chi connectivity index (χ1) is 12.6. The average molecular weight is 369 g/mol. The number of hydrogen-bond acceptors (Lipinski definition) is 4. The van der Waals surface area contributed by atoms with Crippen LogP contribution in [0.4, 0.5) is 15.2 Å². The molecule has 2 aromatic carbocycles. The van der Waals surface area contributed by atoms with E-state index in [1.165, 1.54) is 23.5 Å². The van der Waals surface area contributed by atoms with Crippen molar-refractivity contribution < 1.29 is 9.18 Å². The number of benzene rings is 2. The number of nitrogens with one attached hydrogen (secondary N) is 2. The van der Waals surface area contributed by atoms with Gasteiger partial charge in [-0.1, -0.05) is 31.2 Å². The number of hydrogen-bond donors (Lipinski definition) is 2. The zero-order chi connectivity index (χ0) is 18.4. The molecule has 2 N–H and O–H groups in total. The van der Waals surface area contributed by atoms with Gasteiger partial charge in [0.25, 0.3) is 0 Å². The zero-order valence-corrected chi connectivity index (χ0v) is 15.3. The van der Waals surface area contributed by atoms with Gasteiger partial charge in [0.05, 0.1) is 5.69 Å². The van der Waals surface area contributed by atoms with E-state index in [4.69, 9.17) is 0 Å². The van der Waals surface area contributed by atoms with Crippen molar-refractivity contribution in [3.8, 4) is 11.3 Å². The number of rotatable bonds is 7. The van der Waals surface area contributed by atoms with Gasteiger partial charge in [0.1, 0.15) is 5.82 Å². The first-order valence-electron chi connectivity index (χ1n) is 8.48. The molecule has 0 saturated heterocycles. The monoisotopic (exact) mass is 369 g/mol. The van der Waals surface area contributed by atoms with Crippen LogP contribution in [-0.4, -0.2) is 10.9 Å². The SMILES string of the molecule is CCCC(=O)Nc1ccc(-c2csc(NCc3ccc(F)cc3)n2)cc1. The molecule has 0 unspecified atom stereocenters. The Morgan fingerprint density at radius 2 is 1.85 bits per heavy atom. The number of amides is 1. The number of thiazole rings is 1. The van der Waals surface area contributed by atoms with Gasteiger partial charge in [-0.3, -0.25) is 4.79 Å². The molecule has 3 aromatic rings. The Labute approximate surface area is 156 Å². The maximum Gasteiger partial charge on any atom is 0.224 e. The van der Waals surface area contributed by atoms with Crippen molar-refractivity contribution in [3.05, 3.63) is 65.3 Å². The van der Waals surface area contributed by atoms with Gasteiger partial charge in [0, 0.05) is 29.6 Å². The van der Waals surface area contributed by atoms with Crippen LogP contribution in [0.5, 0.6) is 0 Å². The molecule has 6 heteroatoms. The minimum Gasteiger partial charge on any atom is -0.357 e. The molecule has 134 valence electrons. The Morgan fingerprint density at radius 1 is 1.12 bits per heavy atom. The molecule has 1 aromatic heterocycles. The van der Waals surface area contributed by atoms with Crippen molar-refractivity contribution in [3.63, 3.8) is 0 Å². The molecule has 1 amide bonds. The van der Waals surface area contributed by atoms with E-state index < -0.39 is 0 Å². The average Bonchev–Trinajstić information content (AvgIpc) is 3.11. The number of carbonyl (C=O) groups is 1. The van der Waals surface area contributed by atoms with E-state index in [1.807, 2.05) is 36.6 Å². The Kier molecular flexibility index (Phi) is 5.96. The molecular weight excluding hydrogens is 349 g/mol. The number of nitrogens with zero attached hydrogens (tertiary/aromatic N) is 1. The van der Waals surface area contributed by atoms with Gasteiger partial charge in [-0.2, -0.15) is 0 Å². The number of carbonyl (C=O) groups excluding carboxylic acids is 1. The highest BCUT2D eigenvalue weighted by Gasteiger charge is 2.06. The summed E-state index contributed by atoms with van der Waals surface area (Å²) in [5.74, 6) is -0.208. The Balaban J connectivity index is 1.60. The lowest BCUT2D eigenvalue weighted by Crippen LogP contribution is -2.10. The van der Waals surface area contributed by atoms with Gasteiger partial charge in [-0.25, -0.2) is 9.37 Å². The van der Waals surface area contributed by atoms with E-state index in [0.717, 1.165) is 34.1 Å². The standard InChI is InChI=1S/C20H20FN3OS/c1-2-3-19(25)23-17-10-6-15(7-11-17)18-13-26-20(24-18)22-12-14-4-8-16(21)9-5-14/h4-11,13H,2-3,12H2,1H3,(H,22,24)(H,23,25). The van der Waals surface area contributed by atoms with Crippen molar-refractivity contribution >= 4 is 28.1 Å². The minimum absolute atomic E-state index is 0.0289. The smallest absolute Gasteiger partial charge is 0.224 e. The molecule has 0 aliphatic heterocycles. The van der Waals surface area contributed by atoms with Crippen molar-refractivity contribution in [2.75, 3.05) is 10.6 Å². The third kappa shape index (κ3) is 4.89. The molecule has 0 saturated carbocycles. The fourth-order valence-electron chi connectivity index (χ4n) is 2.44. The largest absolute Gasteiger partial charge is 0.357 e. The van der Waals surface area contributed by atoms with E-state index >= 15 is 0 Å². The van der Waals surface area contributed by atoms with Crippen LogP contribution in [0.3, 0.4) is 0 Å². The maximum atomic E-state index is 12.9. The van der Waals surface area contributed by atoms with Crippen LogP contribution in [0.1, 0.15) is 25.3 Å². The normalized spacial score (nSPS) is 10.5. The molecule has 0 spiro atoms. The van der Waals surface area contributed by atoms with E-state index in [-0.39, 0.29) is 11.7 Å². The summed E-state index contributed by atoms with van der Waals surface area (Å²) in [7, 11) is 0. The van der Waals surface area contributed by atoms with Crippen LogP contribution in [0.2, 0.25) is 0 Å². The van der Waals surface area contributed by atoms with Crippen LogP contribution in [0.25, 0.3) is 11.3 Å². The first-order valence-corrected chi connectivity index (χ1v) is 9.36. The Morgan fingerprint density at radius 3 is 2.54 bits per heavy atom. The lowest BCUT2D eigenvalue weighted by molar-refractivity contribution is -0.116. The molecule has 0 radical (unpaired) electrons. The summed E-state index contributed by atoms with van der Waals surface area (Å²) >= 11 is 1.52. The van der Waals surface area contributed by atoms with Crippen molar-refractivity contribution in [1.29, 1.82) is 0 Å². The molecule has 0 aliphatic carbocycles. The van der Waals surface area contributed by atoms with E-state index in [1.54, 1.807) is 12.1 Å². The highest BCUT2D eigenvalue weighted by Crippen LogP contribution is 2.26. The Hall–Kier alpha value is -2.73. The van der Waals surface area contributed by atoms with Crippen molar-refractivity contribution in [1.82, 2.24) is 4.98 Å². The van der Waals surface area contributed by atoms with E-state index in [0.29, 0.717) is 13.0 Å². The number of anilines is 2. The second-order valence-corrected chi connectivity index (χ2v) is 6.75. The predicted octanol–water partition coefficient (Wildman–Crippen LogP) is 5.30. The maximum absolute atomic E-state index is 12.9. The Bertz CT molecular complexity index is 860. The molecule has 26 heavy (non-hydrogen) atoms. The van der Waals surface area contributed by atoms with Crippen molar-refractivity contribution in [2.24, 2.45) is 0 Å². The first kappa shape index (κ1) is 18.1. The van der Waals surface area contributed by atoms with Crippen LogP contribution in [0, 0.1) is 5.82 Å². The molecule has 4 nitrogen and oxygen atoms in total. The molecule has 0 atom stereocenters. The highest BCUT2D eigenvalue weighted by atomic mass is 32.1. The minimum atomic E-state index is -0.236. The molecule has 0 bridgehead atoms. The summed E-state index contributed by atoms with van der Waals surface area (Å²) in [4.78, 5) is 16.2. The highest BCUT2D eigenvalue weighted by molar-refractivity contribution is 7.14. The van der Waals surface area contributed by atoms with E-state index in [9.17, 15) is 9.18 Å². The molecular formula is C20H20FN3OS. The number of aromatic nitrogens is 1. The van der Waals surface area contributed by atoms with E-state index in [2.05, 4.69) is 15.6 Å².